The van der Waals surface area contributed by atoms with Gasteiger partial charge in [-0.05, 0) is 50.7 Å². The van der Waals surface area contributed by atoms with Crippen molar-refractivity contribution in [3.05, 3.63) is 47.9 Å². The molecule has 0 radical (unpaired) electrons. The Kier molecular flexibility index (Phi) is 5.07. The molecular weight excluding hydrogens is 254 g/mol. The van der Waals surface area contributed by atoms with Crippen LogP contribution in [0, 0.1) is 0 Å². The van der Waals surface area contributed by atoms with Crippen molar-refractivity contribution in [1.82, 2.24) is 5.32 Å². The fraction of sp³-hybridized carbons (Fsp3) is 0.375. The topological polar surface area (TPSA) is 43.6 Å². The maximum atomic E-state index is 5.66. The van der Waals surface area contributed by atoms with E-state index in [0.717, 1.165) is 22.8 Å². The van der Waals surface area contributed by atoms with E-state index in [1.54, 1.807) is 6.26 Å². The van der Waals surface area contributed by atoms with E-state index in [2.05, 4.69) is 5.32 Å². The molecule has 0 saturated carbocycles. The summed E-state index contributed by atoms with van der Waals surface area (Å²) >= 11 is 0. The van der Waals surface area contributed by atoms with Crippen molar-refractivity contribution in [3.63, 3.8) is 0 Å². The van der Waals surface area contributed by atoms with Gasteiger partial charge in [-0.15, -0.1) is 0 Å². The van der Waals surface area contributed by atoms with Gasteiger partial charge in [-0.3, -0.25) is 0 Å². The maximum Gasteiger partial charge on any atom is 0.161 e. The highest BCUT2D eigenvalue weighted by Gasteiger charge is 2.17. The smallest absolute Gasteiger partial charge is 0.161 e. The quantitative estimate of drug-likeness (QED) is 0.841. The minimum atomic E-state index is -0.000109. The maximum absolute atomic E-state index is 5.66. The molecule has 0 aliphatic heterocycles. The Morgan fingerprint density at radius 2 is 1.85 bits per heavy atom. The summed E-state index contributed by atoms with van der Waals surface area (Å²) < 4.78 is 16.7. The van der Waals surface area contributed by atoms with Crippen LogP contribution < -0.4 is 14.8 Å². The Morgan fingerprint density at radius 1 is 1.10 bits per heavy atom. The number of benzene rings is 1. The average molecular weight is 275 g/mol. The van der Waals surface area contributed by atoms with Crippen molar-refractivity contribution in [2.75, 3.05) is 20.3 Å². The van der Waals surface area contributed by atoms with E-state index in [4.69, 9.17) is 13.9 Å². The number of nitrogens with one attached hydrogen (secondary N) is 1. The molecule has 108 valence electrons. The summed E-state index contributed by atoms with van der Waals surface area (Å²) in [5, 5.41) is 3.25. The highest BCUT2D eigenvalue weighted by Crippen LogP contribution is 2.32. The summed E-state index contributed by atoms with van der Waals surface area (Å²) in [6.07, 6.45) is 1.68. The van der Waals surface area contributed by atoms with Crippen molar-refractivity contribution in [2.24, 2.45) is 0 Å². The van der Waals surface area contributed by atoms with Crippen LogP contribution in [-0.2, 0) is 0 Å². The number of hydrogen-bond donors (Lipinski definition) is 1. The van der Waals surface area contributed by atoms with Crippen molar-refractivity contribution >= 4 is 0 Å². The van der Waals surface area contributed by atoms with Crippen LogP contribution in [0.3, 0.4) is 0 Å². The fourth-order valence-electron chi connectivity index (χ4n) is 2.18. The van der Waals surface area contributed by atoms with E-state index in [1.165, 1.54) is 0 Å². The van der Waals surface area contributed by atoms with Crippen LogP contribution in [0.25, 0.3) is 0 Å². The lowest BCUT2D eigenvalue weighted by atomic mass is 10.0. The first-order valence-corrected chi connectivity index (χ1v) is 6.90. The van der Waals surface area contributed by atoms with Gasteiger partial charge in [0.25, 0.3) is 0 Å². The molecule has 0 fully saturated rings. The Morgan fingerprint density at radius 3 is 2.45 bits per heavy atom. The molecule has 1 unspecified atom stereocenters. The number of ether oxygens (including phenoxy) is 2. The molecule has 2 rings (SSSR count). The lowest BCUT2D eigenvalue weighted by Crippen LogP contribution is -2.17. The second-order valence-corrected chi connectivity index (χ2v) is 4.31. The third-order valence-electron chi connectivity index (χ3n) is 3.02. The van der Waals surface area contributed by atoms with Crippen LogP contribution in [0.1, 0.15) is 31.2 Å². The van der Waals surface area contributed by atoms with E-state index in [-0.39, 0.29) is 6.04 Å². The van der Waals surface area contributed by atoms with E-state index in [9.17, 15) is 0 Å². The molecule has 0 aliphatic rings. The highest BCUT2D eigenvalue weighted by atomic mass is 16.5. The third-order valence-corrected chi connectivity index (χ3v) is 3.02. The molecule has 1 aromatic heterocycles. The van der Waals surface area contributed by atoms with Crippen LogP contribution in [0.4, 0.5) is 0 Å². The molecule has 0 aliphatic carbocycles. The Bertz CT molecular complexity index is 523. The minimum Gasteiger partial charge on any atom is -0.490 e. The fourth-order valence-corrected chi connectivity index (χ4v) is 2.18. The molecule has 0 spiro atoms. The second-order valence-electron chi connectivity index (χ2n) is 4.31. The number of rotatable bonds is 7. The molecule has 1 atom stereocenters. The van der Waals surface area contributed by atoms with E-state index >= 15 is 0 Å². The molecule has 1 N–H and O–H groups in total. The van der Waals surface area contributed by atoms with Gasteiger partial charge in [0.05, 0.1) is 25.5 Å². The summed E-state index contributed by atoms with van der Waals surface area (Å²) in [6.45, 7) is 5.15. The largest absolute Gasteiger partial charge is 0.490 e. The van der Waals surface area contributed by atoms with Gasteiger partial charge in [-0.1, -0.05) is 6.07 Å². The summed E-state index contributed by atoms with van der Waals surface area (Å²) in [5.41, 5.74) is 1.08. The van der Waals surface area contributed by atoms with Crippen LogP contribution in [-0.4, -0.2) is 20.3 Å². The van der Waals surface area contributed by atoms with Crippen molar-refractivity contribution in [1.29, 1.82) is 0 Å². The third kappa shape index (κ3) is 3.14. The minimum absolute atomic E-state index is 0.000109. The monoisotopic (exact) mass is 275 g/mol. The Hall–Kier alpha value is -1.94. The standard InChI is InChI=1S/C16H21NO3/c1-4-18-13-9-8-12(11-15(13)19-5-2)16(17-3)14-7-6-10-20-14/h6-11,16-17H,4-5H2,1-3H3. The van der Waals surface area contributed by atoms with Crippen LogP contribution in [0.15, 0.2) is 41.0 Å². The molecule has 1 heterocycles. The van der Waals surface area contributed by atoms with Gasteiger partial charge in [0.15, 0.2) is 11.5 Å². The summed E-state index contributed by atoms with van der Waals surface area (Å²) in [7, 11) is 1.91. The predicted octanol–water partition coefficient (Wildman–Crippen LogP) is 3.39. The summed E-state index contributed by atoms with van der Waals surface area (Å²) in [4.78, 5) is 0. The zero-order chi connectivity index (χ0) is 14.4. The van der Waals surface area contributed by atoms with Crippen LogP contribution >= 0.6 is 0 Å². The molecule has 1 aromatic carbocycles. The van der Waals surface area contributed by atoms with Crippen molar-refractivity contribution in [3.8, 4) is 11.5 Å². The highest BCUT2D eigenvalue weighted by molar-refractivity contribution is 5.45. The zero-order valence-electron chi connectivity index (χ0n) is 12.2. The van der Waals surface area contributed by atoms with E-state index in [0.29, 0.717) is 13.2 Å². The SMILES string of the molecule is CCOc1ccc(C(NC)c2ccco2)cc1OCC. The van der Waals surface area contributed by atoms with Crippen molar-refractivity contribution in [2.45, 2.75) is 19.9 Å². The molecule has 2 aromatic rings. The lowest BCUT2D eigenvalue weighted by molar-refractivity contribution is 0.287. The van der Waals surface area contributed by atoms with Gasteiger partial charge < -0.3 is 19.2 Å². The van der Waals surface area contributed by atoms with Crippen LogP contribution in [0.5, 0.6) is 11.5 Å². The van der Waals surface area contributed by atoms with Gasteiger partial charge in [-0.2, -0.15) is 0 Å². The summed E-state index contributed by atoms with van der Waals surface area (Å²) in [6, 6.07) is 9.81. The van der Waals surface area contributed by atoms with Gasteiger partial charge in [-0.25, -0.2) is 0 Å². The van der Waals surface area contributed by atoms with Gasteiger partial charge in [0.2, 0.25) is 0 Å². The van der Waals surface area contributed by atoms with E-state index in [1.807, 2.05) is 51.2 Å². The molecule has 0 bridgehead atoms. The normalized spacial score (nSPS) is 12.2. The van der Waals surface area contributed by atoms with Gasteiger partial charge in [0, 0.05) is 0 Å². The Balaban J connectivity index is 2.33. The molecule has 0 amide bonds. The molecule has 4 heteroatoms. The van der Waals surface area contributed by atoms with Crippen molar-refractivity contribution < 1.29 is 13.9 Å². The second kappa shape index (κ2) is 7.01. The molecule has 0 saturated heterocycles. The first-order valence-electron chi connectivity index (χ1n) is 6.90. The number of furan rings is 1. The number of hydrogen-bond acceptors (Lipinski definition) is 4. The zero-order valence-corrected chi connectivity index (χ0v) is 12.2. The van der Waals surface area contributed by atoms with Gasteiger partial charge in [0.1, 0.15) is 5.76 Å². The first-order chi connectivity index (χ1) is 9.80. The van der Waals surface area contributed by atoms with Gasteiger partial charge >= 0.3 is 0 Å². The molecule has 4 nitrogen and oxygen atoms in total. The average Bonchev–Trinajstić information content (AvgIpc) is 2.97. The van der Waals surface area contributed by atoms with Crippen LogP contribution in [0.2, 0.25) is 0 Å². The predicted molar refractivity (Wildman–Crippen MR) is 78.4 cm³/mol. The van der Waals surface area contributed by atoms with E-state index < -0.39 is 0 Å². The summed E-state index contributed by atoms with van der Waals surface area (Å²) in [5.74, 6) is 2.41. The first kappa shape index (κ1) is 14.5. The molecule has 20 heavy (non-hydrogen) atoms. The lowest BCUT2D eigenvalue weighted by Gasteiger charge is -2.17. The Labute approximate surface area is 119 Å². The molecular formula is C16H21NO3.